The first-order valence-electron chi connectivity index (χ1n) is 17.0. The fourth-order valence-electron chi connectivity index (χ4n) is 6.73. The average Bonchev–Trinajstić information content (AvgIpc) is 3.52. The van der Waals surface area contributed by atoms with E-state index in [1.165, 1.54) is 16.8 Å². The van der Waals surface area contributed by atoms with Crippen molar-refractivity contribution in [3.05, 3.63) is 95.4 Å². The van der Waals surface area contributed by atoms with Gasteiger partial charge in [0.25, 0.3) is 5.82 Å². The highest BCUT2D eigenvalue weighted by atomic mass is 16.3. The molecule has 0 fully saturated rings. The Balaban J connectivity index is 1.57. The molecule has 45 heavy (non-hydrogen) atoms. The molecule has 5 heteroatoms. The van der Waals surface area contributed by atoms with E-state index in [0.717, 1.165) is 55.3 Å². The molecule has 0 aliphatic carbocycles. The first-order valence-corrected chi connectivity index (χ1v) is 16.0. The zero-order valence-corrected chi connectivity index (χ0v) is 27.8. The minimum absolute atomic E-state index is 0.186. The quantitative estimate of drug-likeness (QED) is 0.186. The van der Waals surface area contributed by atoms with Gasteiger partial charge in [0.1, 0.15) is 22.7 Å². The average molecular weight is 598 g/mol. The number of fused-ring (bicyclic) bond motifs is 5. The van der Waals surface area contributed by atoms with E-state index in [-0.39, 0.29) is 5.82 Å². The summed E-state index contributed by atoms with van der Waals surface area (Å²) in [6.07, 6.45) is 0.0420. The van der Waals surface area contributed by atoms with E-state index < -0.39 is 11.8 Å². The minimum atomic E-state index is -1.70. The summed E-state index contributed by atoms with van der Waals surface area (Å²) in [6.45, 7) is 16.8. The predicted molar refractivity (Wildman–Crippen MR) is 186 cm³/mol. The van der Waals surface area contributed by atoms with Crippen LogP contribution in [0, 0.1) is 12.3 Å². The van der Waals surface area contributed by atoms with Crippen molar-refractivity contribution in [3.8, 4) is 17.1 Å². The summed E-state index contributed by atoms with van der Waals surface area (Å²) in [4.78, 5) is 9.22. The second-order valence-corrected chi connectivity index (χ2v) is 14.0. The number of furan rings is 1. The van der Waals surface area contributed by atoms with Crippen LogP contribution >= 0.6 is 0 Å². The molecule has 0 amide bonds. The minimum Gasteiger partial charge on any atom is -0.455 e. The monoisotopic (exact) mass is 597 g/mol. The number of benzene rings is 4. The summed E-state index contributed by atoms with van der Waals surface area (Å²) in [7, 11) is 2.15. The van der Waals surface area contributed by atoms with Crippen LogP contribution in [0.25, 0.3) is 61.0 Å². The van der Waals surface area contributed by atoms with E-state index in [2.05, 4.69) is 116 Å². The van der Waals surface area contributed by atoms with Crippen LogP contribution in [0.2, 0.25) is 0 Å². The van der Waals surface area contributed by atoms with Crippen molar-refractivity contribution >= 4 is 43.9 Å². The first-order chi connectivity index (χ1) is 22.2. The molecule has 5 nitrogen and oxygen atoms in total. The highest BCUT2D eigenvalue weighted by Crippen LogP contribution is 2.42. The van der Waals surface area contributed by atoms with E-state index in [0.29, 0.717) is 17.4 Å². The van der Waals surface area contributed by atoms with Gasteiger partial charge >= 0.3 is 0 Å². The Bertz CT molecular complexity index is 2330. The van der Waals surface area contributed by atoms with E-state index >= 15 is 0 Å². The van der Waals surface area contributed by atoms with Gasteiger partial charge < -0.3 is 4.42 Å². The fraction of sp³-hybridized carbons (Fsp3) is 0.325. The Kier molecular flexibility index (Phi) is 6.29. The van der Waals surface area contributed by atoms with Crippen molar-refractivity contribution in [3.63, 3.8) is 0 Å². The largest absolute Gasteiger partial charge is 0.455 e. The van der Waals surface area contributed by atoms with Gasteiger partial charge in [-0.25, -0.2) is 14.5 Å². The molecule has 7 rings (SSSR count). The predicted octanol–water partition coefficient (Wildman–Crippen LogP) is 10.1. The van der Waals surface area contributed by atoms with E-state index in [9.17, 15) is 0 Å². The number of hydrogen-bond donors (Lipinski definition) is 0. The van der Waals surface area contributed by atoms with Crippen LogP contribution in [0.15, 0.2) is 77.3 Å². The second-order valence-electron chi connectivity index (χ2n) is 14.0. The van der Waals surface area contributed by atoms with Gasteiger partial charge in [-0.15, -0.1) is 0 Å². The van der Waals surface area contributed by atoms with Crippen LogP contribution in [0.1, 0.15) is 85.6 Å². The van der Waals surface area contributed by atoms with Crippen LogP contribution in [0.4, 0.5) is 0 Å². The maximum atomic E-state index is 8.75. The summed E-state index contributed by atoms with van der Waals surface area (Å²) in [6, 6.07) is 23.7. The van der Waals surface area contributed by atoms with Crippen molar-refractivity contribution < 1.29 is 11.7 Å². The number of rotatable bonds is 5. The lowest BCUT2D eigenvalue weighted by atomic mass is 9.92. The molecule has 0 spiro atoms. The van der Waals surface area contributed by atoms with Crippen molar-refractivity contribution in [2.45, 2.75) is 73.6 Å². The van der Waals surface area contributed by atoms with Crippen molar-refractivity contribution in [1.29, 1.82) is 0 Å². The number of hydrogen-bond acceptors (Lipinski definition) is 3. The number of nitrogens with zero attached hydrogens (tertiary/aromatic N) is 4. The van der Waals surface area contributed by atoms with Crippen LogP contribution in [-0.4, -0.2) is 14.5 Å². The molecule has 3 heterocycles. The molecule has 0 aliphatic heterocycles. The summed E-state index contributed by atoms with van der Waals surface area (Å²) < 4.78 is 29.1. The maximum Gasteiger partial charge on any atom is 0.299 e. The molecule has 0 N–H and O–H groups in total. The number of aryl methyl sites for hydroxylation is 2. The van der Waals surface area contributed by atoms with Crippen LogP contribution in [0.5, 0.6) is 0 Å². The molecule has 0 aliphatic rings. The van der Waals surface area contributed by atoms with Gasteiger partial charge in [-0.3, -0.25) is 0 Å². The Hall–Kier alpha value is -4.51. The lowest BCUT2D eigenvalue weighted by molar-refractivity contribution is -0.633. The Morgan fingerprint density at radius 3 is 2.31 bits per heavy atom. The zero-order valence-electron chi connectivity index (χ0n) is 29.8. The third-order valence-electron chi connectivity index (χ3n) is 8.84. The normalized spacial score (nSPS) is 13.6. The molecule has 4 aromatic carbocycles. The Morgan fingerprint density at radius 2 is 1.62 bits per heavy atom. The topological polar surface area (TPSA) is 47.7 Å². The lowest BCUT2D eigenvalue weighted by Crippen LogP contribution is -2.30. The van der Waals surface area contributed by atoms with Gasteiger partial charge in [0, 0.05) is 48.7 Å². The summed E-state index contributed by atoms with van der Waals surface area (Å²) >= 11 is 0. The van der Waals surface area contributed by atoms with E-state index in [1.807, 2.05) is 26.8 Å². The van der Waals surface area contributed by atoms with Crippen LogP contribution in [-0.2, 0) is 13.4 Å². The van der Waals surface area contributed by atoms with Gasteiger partial charge in [-0.1, -0.05) is 90.9 Å². The molecular weight excluding hydrogens is 552 g/mol. The molecule has 0 saturated heterocycles. The smallest absolute Gasteiger partial charge is 0.299 e. The summed E-state index contributed by atoms with van der Waals surface area (Å²) in [5.74, 6) is 1.90. The van der Waals surface area contributed by atoms with E-state index in [4.69, 9.17) is 12.1 Å². The van der Waals surface area contributed by atoms with Crippen LogP contribution < -0.4 is 4.57 Å². The molecule has 0 bridgehead atoms. The lowest BCUT2D eigenvalue weighted by Gasteiger charge is -2.18. The number of imidazole rings is 1. The molecule has 0 unspecified atom stereocenters. The standard InChI is InChI=1S/C40H43N4O/c1-23(2)27-13-12-14-28(24(3)4)37(27)44-33-16-11-10-15-32(33)43(9)39(44)36-25(5)17-18-29-30-19-26-22-41-35(21-40(6,7)8)42-31(26)20-34(30)45-38(29)36/h10-20,22-24H,21H2,1-9H3/q+1/i21D2. The van der Waals surface area contributed by atoms with Gasteiger partial charge in [0.2, 0.25) is 0 Å². The first kappa shape index (κ1) is 26.9. The highest BCUT2D eigenvalue weighted by molar-refractivity contribution is 6.13. The molecule has 0 radical (unpaired) electrons. The second kappa shape index (κ2) is 10.5. The number of aromatic nitrogens is 4. The molecule has 0 saturated carbocycles. The SMILES string of the molecule is [2H]C([2H])(c1ncc2cc3c(cc2n1)oc1c(-c2n(-c4c(C(C)C)cccc4C(C)C)c4ccccc4[n+]2C)c(C)ccc13)C(C)(C)C. The van der Waals surface area contributed by atoms with Gasteiger partial charge in [0.15, 0.2) is 16.6 Å². The molecule has 7 aromatic rings. The third kappa shape index (κ3) is 4.80. The molecule has 3 aromatic heterocycles. The Morgan fingerprint density at radius 1 is 0.911 bits per heavy atom. The Labute approximate surface area is 268 Å². The summed E-state index contributed by atoms with van der Waals surface area (Å²) in [5, 5.41) is 2.86. The highest BCUT2D eigenvalue weighted by Gasteiger charge is 2.33. The third-order valence-corrected chi connectivity index (χ3v) is 8.84. The van der Waals surface area contributed by atoms with Gasteiger partial charge in [-0.2, -0.15) is 4.57 Å². The van der Waals surface area contributed by atoms with Gasteiger partial charge in [-0.05, 0) is 47.9 Å². The van der Waals surface area contributed by atoms with Gasteiger partial charge in [0.05, 0.1) is 12.6 Å². The maximum absolute atomic E-state index is 8.75. The molecular formula is C40H43N4O+. The zero-order chi connectivity index (χ0) is 33.6. The van der Waals surface area contributed by atoms with Crippen LogP contribution in [0.3, 0.4) is 0 Å². The van der Waals surface area contributed by atoms with Crippen molar-refractivity contribution in [2.24, 2.45) is 12.5 Å². The van der Waals surface area contributed by atoms with Crippen molar-refractivity contribution in [2.75, 3.05) is 0 Å². The molecule has 228 valence electrons. The fourth-order valence-corrected chi connectivity index (χ4v) is 6.73. The van der Waals surface area contributed by atoms with Crippen molar-refractivity contribution in [1.82, 2.24) is 14.5 Å². The summed E-state index contributed by atoms with van der Waals surface area (Å²) in [5.41, 5.74) is 9.86. The van der Waals surface area contributed by atoms with E-state index in [1.54, 1.807) is 6.20 Å². The number of para-hydroxylation sites is 3. The molecule has 0 atom stereocenters.